The number of para-hydroxylation sites is 1. The molecule has 0 N–H and O–H groups in total. The van der Waals surface area contributed by atoms with Crippen molar-refractivity contribution in [3.8, 4) is 0 Å². The molecule has 0 fully saturated rings. The molecule has 0 aliphatic carbocycles. The van der Waals surface area contributed by atoms with Crippen molar-refractivity contribution >= 4 is 22.3 Å². The van der Waals surface area contributed by atoms with Gasteiger partial charge in [-0.1, -0.05) is 73.2 Å². The Hall–Kier alpha value is -3.13. The summed E-state index contributed by atoms with van der Waals surface area (Å²) in [7, 11) is 2.15. The molecule has 0 atom stereocenters. The molecular weight excluding hydrogens is 328 g/mol. The van der Waals surface area contributed by atoms with E-state index in [9.17, 15) is 0 Å². The summed E-state index contributed by atoms with van der Waals surface area (Å²) in [6.07, 6.45) is 0.959. The van der Waals surface area contributed by atoms with Crippen LogP contribution in [0, 0.1) is 6.92 Å². The molecule has 0 aliphatic rings. The normalized spacial score (nSPS) is 11.9. The Balaban J connectivity index is 2.03. The maximum atomic E-state index is 5.12. The van der Waals surface area contributed by atoms with Gasteiger partial charge in [0.15, 0.2) is 0 Å². The number of hydrogen-bond donors (Lipinski definition) is 0. The number of nitrogens with zero attached hydrogens (tertiary/aromatic N) is 2. The molecule has 0 bridgehead atoms. The van der Waals surface area contributed by atoms with Crippen molar-refractivity contribution in [1.82, 2.24) is 4.57 Å². The Morgan fingerprint density at radius 2 is 1.52 bits per heavy atom. The SMILES string of the molecule is CCc1c(C(=Nc2ccc(C)cc2)c2ccccc2)c2ccccc2n1C. The first-order chi connectivity index (χ1) is 13.2. The van der Waals surface area contributed by atoms with Gasteiger partial charge in [0.05, 0.1) is 11.4 Å². The van der Waals surface area contributed by atoms with Crippen molar-refractivity contribution in [2.75, 3.05) is 0 Å². The predicted octanol–water partition coefficient (Wildman–Crippen LogP) is 6.22. The van der Waals surface area contributed by atoms with E-state index in [1.54, 1.807) is 0 Å². The molecule has 4 aromatic rings. The van der Waals surface area contributed by atoms with Gasteiger partial charge >= 0.3 is 0 Å². The highest BCUT2D eigenvalue weighted by atomic mass is 15.0. The monoisotopic (exact) mass is 352 g/mol. The van der Waals surface area contributed by atoms with E-state index in [0.29, 0.717) is 0 Å². The molecule has 2 heteroatoms. The summed E-state index contributed by atoms with van der Waals surface area (Å²) in [6.45, 7) is 4.32. The van der Waals surface area contributed by atoms with Gasteiger partial charge in [0.25, 0.3) is 0 Å². The number of fused-ring (bicyclic) bond motifs is 1. The number of benzene rings is 3. The van der Waals surface area contributed by atoms with Gasteiger partial charge in [-0.15, -0.1) is 0 Å². The highest BCUT2D eigenvalue weighted by Gasteiger charge is 2.19. The Bertz CT molecular complexity index is 1100. The summed E-state index contributed by atoms with van der Waals surface area (Å²) in [4.78, 5) is 5.12. The van der Waals surface area contributed by atoms with Crippen LogP contribution in [0.25, 0.3) is 10.9 Å². The van der Waals surface area contributed by atoms with E-state index in [4.69, 9.17) is 4.99 Å². The summed E-state index contributed by atoms with van der Waals surface area (Å²) in [5.74, 6) is 0. The van der Waals surface area contributed by atoms with Crippen LogP contribution in [-0.2, 0) is 13.5 Å². The molecule has 3 aromatic carbocycles. The van der Waals surface area contributed by atoms with E-state index in [-0.39, 0.29) is 0 Å². The Labute approximate surface area is 160 Å². The van der Waals surface area contributed by atoms with Crippen LogP contribution in [0.4, 0.5) is 5.69 Å². The van der Waals surface area contributed by atoms with Crippen molar-refractivity contribution < 1.29 is 0 Å². The molecule has 0 unspecified atom stereocenters. The Kier molecular flexibility index (Phi) is 4.64. The number of rotatable bonds is 4. The van der Waals surface area contributed by atoms with Gasteiger partial charge in [0, 0.05) is 34.8 Å². The van der Waals surface area contributed by atoms with E-state index in [2.05, 4.69) is 104 Å². The van der Waals surface area contributed by atoms with Crippen LogP contribution in [0.5, 0.6) is 0 Å². The molecule has 0 saturated heterocycles. The fourth-order valence-corrected chi connectivity index (χ4v) is 3.73. The maximum Gasteiger partial charge on any atom is 0.0805 e. The minimum Gasteiger partial charge on any atom is -0.347 e. The van der Waals surface area contributed by atoms with Gasteiger partial charge in [0.2, 0.25) is 0 Å². The van der Waals surface area contributed by atoms with Gasteiger partial charge in [0.1, 0.15) is 0 Å². The van der Waals surface area contributed by atoms with Crippen molar-refractivity contribution in [1.29, 1.82) is 0 Å². The second-order valence-electron chi connectivity index (χ2n) is 6.91. The largest absolute Gasteiger partial charge is 0.347 e. The Morgan fingerprint density at radius 3 is 2.22 bits per heavy atom. The van der Waals surface area contributed by atoms with Gasteiger partial charge < -0.3 is 4.57 Å². The van der Waals surface area contributed by atoms with Gasteiger partial charge in [-0.25, -0.2) is 4.99 Å². The average molecular weight is 352 g/mol. The highest BCUT2D eigenvalue weighted by molar-refractivity contribution is 6.21. The zero-order valence-corrected chi connectivity index (χ0v) is 16.1. The minimum absolute atomic E-state index is 0.959. The van der Waals surface area contributed by atoms with Crippen LogP contribution < -0.4 is 0 Å². The predicted molar refractivity (Wildman–Crippen MR) is 115 cm³/mol. The van der Waals surface area contributed by atoms with Crippen molar-refractivity contribution in [3.05, 3.63) is 101 Å². The molecule has 0 saturated carbocycles. The summed E-state index contributed by atoms with van der Waals surface area (Å²) in [5, 5.41) is 1.26. The molecule has 2 nitrogen and oxygen atoms in total. The van der Waals surface area contributed by atoms with Gasteiger partial charge in [-0.3, -0.25) is 0 Å². The second-order valence-corrected chi connectivity index (χ2v) is 6.91. The van der Waals surface area contributed by atoms with Crippen LogP contribution in [-0.4, -0.2) is 10.3 Å². The molecule has 4 rings (SSSR count). The van der Waals surface area contributed by atoms with Crippen molar-refractivity contribution in [2.45, 2.75) is 20.3 Å². The van der Waals surface area contributed by atoms with Crippen LogP contribution in [0.3, 0.4) is 0 Å². The van der Waals surface area contributed by atoms with Crippen LogP contribution in [0.1, 0.15) is 29.3 Å². The molecule has 0 aliphatic heterocycles. The third-order valence-electron chi connectivity index (χ3n) is 5.12. The number of aliphatic imine (C=N–C) groups is 1. The zero-order valence-electron chi connectivity index (χ0n) is 16.1. The first-order valence-corrected chi connectivity index (χ1v) is 9.46. The molecule has 27 heavy (non-hydrogen) atoms. The highest BCUT2D eigenvalue weighted by Crippen LogP contribution is 2.30. The van der Waals surface area contributed by atoms with Crippen molar-refractivity contribution in [2.24, 2.45) is 12.0 Å². The van der Waals surface area contributed by atoms with Crippen LogP contribution >= 0.6 is 0 Å². The maximum absolute atomic E-state index is 5.12. The smallest absolute Gasteiger partial charge is 0.0805 e. The van der Waals surface area contributed by atoms with Gasteiger partial charge in [-0.2, -0.15) is 0 Å². The second kappa shape index (κ2) is 7.24. The summed E-state index contributed by atoms with van der Waals surface area (Å²) in [6, 6.07) is 27.5. The summed E-state index contributed by atoms with van der Waals surface area (Å²) >= 11 is 0. The lowest BCUT2D eigenvalue weighted by Crippen LogP contribution is -2.07. The Morgan fingerprint density at radius 1 is 0.852 bits per heavy atom. The fraction of sp³-hybridized carbons (Fsp3) is 0.160. The molecule has 0 amide bonds. The quantitative estimate of drug-likeness (QED) is 0.388. The van der Waals surface area contributed by atoms with Crippen LogP contribution in [0.15, 0.2) is 83.9 Å². The van der Waals surface area contributed by atoms with E-state index in [0.717, 1.165) is 23.4 Å². The number of aryl methyl sites for hydroxylation is 2. The first kappa shape index (κ1) is 17.3. The minimum atomic E-state index is 0.959. The van der Waals surface area contributed by atoms with Crippen LogP contribution in [0.2, 0.25) is 0 Å². The molecule has 1 aromatic heterocycles. The summed E-state index contributed by atoms with van der Waals surface area (Å²) in [5.41, 5.74) is 8.20. The molecule has 0 radical (unpaired) electrons. The lowest BCUT2D eigenvalue weighted by atomic mass is 9.98. The van der Waals surface area contributed by atoms with E-state index < -0.39 is 0 Å². The van der Waals surface area contributed by atoms with E-state index >= 15 is 0 Å². The van der Waals surface area contributed by atoms with Gasteiger partial charge in [-0.05, 0) is 31.5 Å². The number of hydrogen-bond acceptors (Lipinski definition) is 1. The first-order valence-electron chi connectivity index (χ1n) is 9.46. The third-order valence-corrected chi connectivity index (χ3v) is 5.12. The molecule has 1 heterocycles. The zero-order chi connectivity index (χ0) is 18.8. The third kappa shape index (κ3) is 3.19. The molecule has 0 spiro atoms. The molecule has 134 valence electrons. The fourth-order valence-electron chi connectivity index (χ4n) is 3.73. The molecular formula is C25H24N2. The lowest BCUT2D eigenvalue weighted by molar-refractivity contribution is 0.863. The summed E-state index contributed by atoms with van der Waals surface area (Å²) < 4.78 is 2.30. The average Bonchev–Trinajstić information content (AvgIpc) is 3.00. The standard InChI is InChI=1S/C25H24N2/c1-4-22-24(21-12-8-9-13-23(21)27(22)3)25(19-10-6-5-7-11-19)26-20-16-14-18(2)15-17-20/h5-17H,4H2,1-3H3. The van der Waals surface area contributed by atoms with E-state index in [1.807, 2.05) is 0 Å². The lowest BCUT2D eigenvalue weighted by Gasteiger charge is -2.10. The van der Waals surface area contributed by atoms with Crippen molar-refractivity contribution in [3.63, 3.8) is 0 Å². The van der Waals surface area contributed by atoms with E-state index in [1.165, 1.54) is 27.7 Å². The topological polar surface area (TPSA) is 17.3 Å². The number of aromatic nitrogens is 1.